The van der Waals surface area contributed by atoms with E-state index < -0.39 is 0 Å². The maximum atomic E-state index is 5.84. The summed E-state index contributed by atoms with van der Waals surface area (Å²) in [7, 11) is 0. The van der Waals surface area contributed by atoms with Crippen LogP contribution < -0.4 is 10.1 Å². The molecule has 0 radical (unpaired) electrons. The van der Waals surface area contributed by atoms with Crippen molar-refractivity contribution in [3.63, 3.8) is 0 Å². The maximum Gasteiger partial charge on any atom is 0.119 e. The van der Waals surface area contributed by atoms with Crippen LogP contribution in [0.3, 0.4) is 0 Å². The lowest BCUT2D eigenvalue weighted by atomic mass is 10.2. The van der Waals surface area contributed by atoms with Crippen LogP contribution in [0.2, 0.25) is 0 Å². The van der Waals surface area contributed by atoms with E-state index in [-0.39, 0.29) is 0 Å². The Morgan fingerprint density at radius 1 is 1.25 bits per heavy atom. The van der Waals surface area contributed by atoms with Crippen LogP contribution in [-0.4, -0.2) is 42.7 Å². The highest BCUT2D eigenvalue weighted by molar-refractivity contribution is 5.26. The minimum absolute atomic E-state index is 0.403. The molecule has 3 heteroatoms. The summed E-state index contributed by atoms with van der Waals surface area (Å²) in [6.45, 7) is 7.55. The number of likely N-dealkylation sites (tertiary alicyclic amines) is 1. The van der Waals surface area contributed by atoms with E-state index in [1.54, 1.807) is 0 Å². The number of rotatable bonds is 6. The summed E-state index contributed by atoms with van der Waals surface area (Å²) >= 11 is 0. The number of hydrogen-bond donors (Lipinski definition) is 1. The maximum absolute atomic E-state index is 5.84. The van der Waals surface area contributed by atoms with Gasteiger partial charge in [0.15, 0.2) is 0 Å². The summed E-state index contributed by atoms with van der Waals surface area (Å²) in [6, 6.07) is 10.2. The molecule has 1 heterocycles. The number of ether oxygens (including phenoxy) is 1. The van der Waals surface area contributed by atoms with Crippen molar-refractivity contribution >= 4 is 0 Å². The van der Waals surface area contributed by atoms with Gasteiger partial charge in [0.2, 0.25) is 0 Å². The van der Waals surface area contributed by atoms with E-state index in [0.717, 1.165) is 18.4 Å². The Hall–Kier alpha value is -1.06. The first-order chi connectivity index (χ1) is 9.70. The zero-order valence-corrected chi connectivity index (χ0v) is 12.6. The van der Waals surface area contributed by atoms with Gasteiger partial charge >= 0.3 is 0 Å². The van der Waals surface area contributed by atoms with E-state index in [9.17, 15) is 0 Å². The molecule has 2 atom stereocenters. The van der Waals surface area contributed by atoms with E-state index in [0.29, 0.717) is 12.1 Å². The van der Waals surface area contributed by atoms with Gasteiger partial charge in [-0.2, -0.15) is 0 Å². The molecule has 1 N–H and O–H groups in total. The Balaban J connectivity index is 1.38. The first kappa shape index (κ1) is 13.9. The van der Waals surface area contributed by atoms with Crippen LogP contribution in [0.5, 0.6) is 5.75 Å². The highest BCUT2D eigenvalue weighted by Crippen LogP contribution is 2.29. The van der Waals surface area contributed by atoms with Crippen molar-refractivity contribution in [2.75, 3.05) is 19.7 Å². The monoisotopic (exact) mass is 274 g/mol. The first-order valence-electron chi connectivity index (χ1n) is 7.90. The second-order valence-corrected chi connectivity index (χ2v) is 6.40. The number of benzene rings is 1. The van der Waals surface area contributed by atoms with Gasteiger partial charge in [0.05, 0.1) is 0 Å². The van der Waals surface area contributed by atoms with Crippen LogP contribution in [0.15, 0.2) is 24.3 Å². The SMILES string of the molecule is Cc1ccc(OCC(C)NC2CCN(C3CC3)C2)cc1. The fraction of sp³-hybridized carbons (Fsp3) is 0.647. The molecule has 1 aromatic carbocycles. The number of nitrogens with zero attached hydrogens (tertiary/aromatic N) is 1. The highest BCUT2D eigenvalue weighted by Gasteiger charge is 2.34. The van der Waals surface area contributed by atoms with Gasteiger partial charge in [-0.05, 0) is 45.2 Å². The van der Waals surface area contributed by atoms with E-state index in [1.165, 1.54) is 37.9 Å². The largest absolute Gasteiger partial charge is 0.492 e. The van der Waals surface area contributed by atoms with Crippen molar-refractivity contribution in [2.24, 2.45) is 0 Å². The minimum Gasteiger partial charge on any atom is -0.492 e. The third kappa shape index (κ3) is 3.74. The van der Waals surface area contributed by atoms with Crippen molar-refractivity contribution in [1.82, 2.24) is 10.2 Å². The molecule has 1 aromatic rings. The summed E-state index contributed by atoms with van der Waals surface area (Å²) in [6.07, 6.45) is 4.11. The molecule has 1 aliphatic heterocycles. The fourth-order valence-corrected chi connectivity index (χ4v) is 3.00. The molecule has 1 aliphatic carbocycles. The average Bonchev–Trinajstić information content (AvgIpc) is 3.19. The van der Waals surface area contributed by atoms with Gasteiger partial charge in [0.1, 0.15) is 12.4 Å². The number of nitrogens with one attached hydrogen (secondary N) is 1. The van der Waals surface area contributed by atoms with Crippen LogP contribution in [0.4, 0.5) is 0 Å². The van der Waals surface area contributed by atoms with Gasteiger partial charge in [-0.1, -0.05) is 17.7 Å². The molecule has 1 saturated carbocycles. The summed E-state index contributed by atoms with van der Waals surface area (Å²) in [5.41, 5.74) is 1.27. The van der Waals surface area contributed by atoms with Crippen molar-refractivity contribution in [1.29, 1.82) is 0 Å². The van der Waals surface area contributed by atoms with Crippen LogP contribution in [0.1, 0.15) is 31.7 Å². The molecule has 2 fully saturated rings. The third-order valence-corrected chi connectivity index (χ3v) is 4.32. The molecule has 2 aliphatic rings. The lowest BCUT2D eigenvalue weighted by Crippen LogP contribution is -2.41. The van der Waals surface area contributed by atoms with Gasteiger partial charge < -0.3 is 10.1 Å². The van der Waals surface area contributed by atoms with Crippen molar-refractivity contribution in [3.05, 3.63) is 29.8 Å². The Bertz CT molecular complexity index is 427. The Kier molecular flexibility index (Phi) is 4.27. The van der Waals surface area contributed by atoms with E-state index in [1.807, 2.05) is 12.1 Å². The standard InChI is InChI=1S/C17H26N2O/c1-13-3-7-17(8-4-13)20-12-14(2)18-15-9-10-19(11-15)16-5-6-16/h3-4,7-8,14-16,18H,5-6,9-12H2,1-2H3. The molecule has 110 valence electrons. The van der Waals surface area contributed by atoms with Gasteiger partial charge in [-0.15, -0.1) is 0 Å². The van der Waals surface area contributed by atoms with E-state index >= 15 is 0 Å². The zero-order chi connectivity index (χ0) is 13.9. The smallest absolute Gasteiger partial charge is 0.119 e. The van der Waals surface area contributed by atoms with Crippen LogP contribution in [0.25, 0.3) is 0 Å². The summed E-state index contributed by atoms with van der Waals surface area (Å²) < 4.78 is 5.84. The highest BCUT2D eigenvalue weighted by atomic mass is 16.5. The normalized spacial score (nSPS) is 24.8. The quantitative estimate of drug-likeness (QED) is 0.863. The topological polar surface area (TPSA) is 24.5 Å². The molecule has 0 aromatic heterocycles. The van der Waals surface area contributed by atoms with Crippen molar-refractivity contribution in [2.45, 2.75) is 51.2 Å². The molecular formula is C17H26N2O. The molecule has 0 amide bonds. The summed E-state index contributed by atoms with van der Waals surface area (Å²) in [5, 5.41) is 3.71. The number of aryl methyl sites for hydroxylation is 1. The zero-order valence-electron chi connectivity index (χ0n) is 12.6. The van der Waals surface area contributed by atoms with Crippen LogP contribution in [-0.2, 0) is 0 Å². The van der Waals surface area contributed by atoms with E-state index in [4.69, 9.17) is 4.74 Å². The molecule has 2 unspecified atom stereocenters. The minimum atomic E-state index is 0.403. The van der Waals surface area contributed by atoms with E-state index in [2.05, 4.69) is 36.2 Å². The Morgan fingerprint density at radius 3 is 2.70 bits per heavy atom. The molecule has 0 bridgehead atoms. The van der Waals surface area contributed by atoms with Crippen molar-refractivity contribution < 1.29 is 4.74 Å². The summed E-state index contributed by atoms with van der Waals surface area (Å²) in [5.74, 6) is 0.968. The second kappa shape index (κ2) is 6.15. The third-order valence-electron chi connectivity index (χ3n) is 4.32. The predicted molar refractivity (Wildman–Crippen MR) is 82.3 cm³/mol. The van der Waals surface area contributed by atoms with Gasteiger partial charge in [-0.3, -0.25) is 4.90 Å². The molecule has 20 heavy (non-hydrogen) atoms. The van der Waals surface area contributed by atoms with Crippen LogP contribution >= 0.6 is 0 Å². The van der Waals surface area contributed by atoms with Gasteiger partial charge in [0, 0.05) is 31.2 Å². The molecule has 1 saturated heterocycles. The summed E-state index contributed by atoms with van der Waals surface area (Å²) in [4.78, 5) is 2.64. The second-order valence-electron chi connectivity index (χ2n) is 6.40. The average molecular weight is 274 g/mol. The predicted octanol–water partition coefficient (Wildman–Crippen LogP) is 2.59. The lowest BCUT2D eigenvalue weighted by Gasteiger charge is -2.20. The van der Waals surface area contributed by atoms with Gasteiger partial charge in [-0.25, -0.2) is 0 Å². The lowest BCUT2D eigenvalue weighted by molar-refractivity contribution is 0.255. The molecule has 3 nitrogen and oxygen atoms in total. The molecule has 3 rings (SSSR count). The fourth-order valence-electron chi connectivity index (χ4n) is 3.00. The van der Waals surface area contributed by atoms with Crippen molar-refractivity contribution in [3.8, 4) is 5.75 Å². The molecule has 0 spiro atoms. The van der Waals surface area contributed by atoms with Gasteiger partial charge in [0.25, 0.3) is 0 Å². The number of hydrogen-bond acceptors (Lipinski definition) is 3. The Morgan fingerprint density at radius 2 is 2.00 bits per heavy atom. The Labute approximate surface area is 122 Å². The molecular weight excluding hydrogens is 248 g/mol. The van der Waals surface area contributed by atoms with Crippen LogP contribution in [0, 0.1) is 6.92 Å². The first-order valence-corrected chi connectivity index (χ1v) is 7.90.